The van der Waals surface area contributed by atoms with Gasteiger partial charge in [0.1, 0.15) is 19.7 Å². The molecular weight excluding hydrogens is 310 g/mol. The van der Waals surface area contributed by atoms with Gasteiger partial charge in [0.15, 0.2) is 0 Å². The Morgan fingerprint density at radius 2 is 1.79 bits per heavy atom. The van der Waals surface area contributed by atoms with Gasteiger partial charge in [0.25, 0.3) is 0 Å². The summed E-state index contributed by atoms with van der Waals surface area (Å²) in [6.45, 7) is 5.64. The lowest BCUT2D eigenvalue weighted by atomic mass is 10.1. The van der Waals surface area contributed by atoms with Gasteiger partial charge in [-0.1, -0.05) is 6.07 Å². The summed E-state index contributed by atoms with van der Waals surface area (Å²) in [5.74, 6) is -0.328. The summed E-state index contributed by atoms with van der Waals surface area (Å²) in [5.41, 5.74) is 3.07. The molecule has 0 bridgehead atoms. The number of hydrogen-bond donors (Lipinski definition) is 0. The van der Waals surface area contributed by atoms with Gasteiger partial charge in [-0.2, -0.15) is 0 Å². The standard InChI is InChI=1S/C17H21N3O4/c1-12-7-13(2)9-14(8-12)20-4-3-18(11-16(20)22)15(21)10-19-5-6-24-17(19)23/h7-9H,3-6,10-11H2,1-2H3. The van der Waals surface area contributed by atoms with Gasteiger partial charge in [-0.15, -0.1) is 0 Å². The number of amides is 3. The molecule has 3 rings (SSSR count). The van der Waals surface area contributed by atoms with Gasteiger partial charge in [-0.05, 0) is 37.1 Å². The van der Waals surface area contributed by atoms with Crippen molar-refractivity contribution >= 4 is 23.6 Å². The lowest BCUT2D eigenvalue weighted by Gasteiger charge is -2.35. The molecule has 24 heavy (non-hydrogen) atoms. The van der Waals surface area contributed by atoms with Crippen LogP contribution in [0.1, 0.15) is 11.1 Å². The number of rotatable bonds is 3. The Labute approximate surface area is 140 Å². The van der Waals surface area contributed by atoms with Crippen LogP contribution in [0.5, 0.6) is 0 Å². The van der Waals surface area contributed by atoms with E-state index in [9.17, 15) is 14.4 Å². The molecule has 0 aliphatic carbocycles. The molecule has 2 aliphatic rings. The molecule has 2 heterocycles. The summed E-state index contributed by atoms with van der Waals surface area (Å²) in [4.78, 5) is 40.8. The van der Waals surface area contributed by atoms with E-state index in [2.05, 4.69) is 6.07 Å². The lowest BCUT2D eigenvalue weighted by molar-refractivity contribution is -0.137. The molecular formula is C17H21N3O4. The zero-order valence-electron chi connectivity index (χ0n) is 13.9. The zero-order valence-corrected chi connectivity index (χ0v) is 13.9. The van der Waals surface area contributed by atoms with Crippen LogP contribution in [-0.2, 0) is 14.3 Å². The average Bonchev–Trinajstić information content (AvgIpc) is 2.91. The van der Waals surface area contributed by atoms with Crippen LogP contribution < -0.4 is 4.90 Å². The molecule has 0 aromatic heterocycles. The molecule has 0 saturated carbocycles. The molecule has 0 spiro atoms. The summed E-state index contributed by atoms with van der Waals surface area (Å²) in [6, 6.07) is 6.01. The third kappa shape index (κ3) is 3.34. The molecule has 128 valence electrons. The topological polar surface area (TPSA) is 70.2 Å². The van der Waals surface area contributed by atoms with Crippen LogP contribution in [0.3, 0.4) is 0 Å². The van der Waals surface area contributed by atoms with Crippen molar-refractivity contribution in [2.24, 2.45) is 0 Å². The Hall–Kier alpha value is -2.57. The fourth-order valence-corrected chi connectivity index (χ4v) is 3.10. The smallest absolute Gasteiger partial charge is 0.410 e. The predicted octanol–water partition coefficient (Wildman–Crippen LogP) is 0.931. The number of cyclic esters (lactones) is 1. The Kier molecular flexibility index (Phi) is 4.42. The van der Waals surface area contributed by atoms with Crippen molar-refractivity contribution in [1.29, 1.82) is 0 Å². The highest BCUT2D eigenvalue weighted by Crippen LogP contribution is 2.21. The Morgan fingerprint density at radius 3 is 2.38 bits per heavy atom. The van der Waals surface area contributed by atoms with E-state index >= 15 is 0 Å². The second-order valence-electron chi connectivity index (χ2n) is 6.24. The van der Waals surface area contributed by atoms with Crippen LogP contribution >= 0.6 is 0 Å². The second-order valence-corrected chi connectivity index (χ2v) is 6.24. The SMILES string of the molecule is Cc1cc(C)cc(N2CCN(C(=O)CN3CCOC3=O)CC2=O)c1. The van der Waals surface area contributed by atoms with E-state index in [0.717, 1.165) is 16.8 Å². The number of ether oxygens (including phenoxy) is 1. The molecule has 0 atom stereocenters. The number of nitrogens with zero attached hydrogens (tertiary/aromatic N) is 3. The number of carbonyl (C=O) groups excluding carboxylic acids is 3. The average molecular weight is 331 g/mol. The van der Waals surface area contributed by atoms with Crippen LogP contribution in [0.4, 0.5) is 10.5 Å². The van der Waals surface area contributed by atoms with Gasteiger partial charge in [0, 0.05) is 18.8 Å². The minimum atomic E-state index is -0.469. The van der Waals surface area contributed by atoms with E-state index in [0.29, 0.717) is 26.2 Å². The molecule has 1 aromatic carbocycles. The molecule has 0 N–H and O–H groups in total. The molecule has 0 unspecified atom stereocenters. The van der Waals surface area contributed by atoms with E-state index in [4.69, 9.17) is 4.74 Å². The van der Waals surface area contributed by atoms with Crippen LogP contribution in [0, 0.1) is 13.8 Å². The second kappa shape index (κ2) is 6.51. The molecule has 2 fully saturated rings. The Morgan fingerprint density at radius 1 is 1.08 bits per heavy atom. The zero-order chi connectivity index (χ0) is 17.3. The first-order valence-electron chi connectivity index (χ1n) is 8.02. The van der Waals surface area contributed by atoms with Crippen molar-refractivity contribution in [1.82, 2.24) is 9.80 Å². The summed E-state index contributed by atoms with van der Waals surface area (Å²) < 4.78 is 4.81. The summed E-state index contributed by atoms with van der Waals surface area (Å²) in [6.07, 6.45) is -0.469. The quantitative estimate of drug-likeness (QED) is 0.826. The van der Waals surface area contributed by atoms with Gasteiger partial charge in [-0.3, -0.25) is 14.5 Å². The molecule has 7 heteroatoms. The van der Waals surface area contributed by atoms with Crippen molar-refractivity contribution in [3.63, 3.8) is 0 Å². The maximum absolute atomic E-state index is 12.5. The highest BCUT2D eigenvalue weighted by atomic mass is 16.6. The highest BCUT2D eigenvalue weighted by molar-refractivity contribution is 5.98. The largest absolute Gasteiger partial charge is 0.448 e. The predicted molar refractivity (Wildman–Crippen MR) is 87.8 cm³/mol. The van der Waals surface area contributed by atoms with Crippen LogP contribution in [0.15, 0.2) is 18.2 Å². The van der Waals surface area contributed by atoms with Crippen molar-refractivity contribution in [2.45, 2.75) is 13.8 Å². The number of aryl methyl sites for hydroxylation is 2. The molecule has 1 aromatic rings. The molecule has 3 amide bonds. The fourth-order valence-electron chi connectivity index (χ4n) is 3.10. The monoisotopic (exact) mass is 331 g/mol. The fraction of sp³-hybridized carbons (Fsp3) is 0.471. The van der Waals surface area contributed by atoms with Gasteiger partial charge in [0.2, 0.25) is 11.8 Å². The summed E-state index contributed by atoms with van der Waals surface area (Å²) in [5, 5.41) is 0. The van der Waals surface area contributed by atoms with Gasteiger partial charge in [-0.25, -0.2) is 4.79 Å². The van der Waals surface area contributed by atoms with E-state index in [-0.39, 0.29) is 24.9 Å². The molecule has 2 aliphatic heterocycles. The van der Waals surface area contributed by atoms with Crippen LogP contribution in [0.2, 0.25) is 0 Å². The number of anilines is 1. The van der Waals surface area contributed by atoms with Crippen molar-refractivity contribution in [2.75, 3.05) is 44.2 Å². The van der Waals surface area contributed by atoms with Crippen molar-refractivity contribution in [3.05, 3.63) is 29.3 Å². The first kappa shape index (κ1) is 16.3. The first-order chi connectivity index (χ1) is 11.4. The van der Waals surface area contributed by atoms with Gasteiger partial charge < -0.3 is 14.5 Å². The summed E-state index contributed by atoms with van der Waals surface area (Å²) >= 11 is 0. The third-order valence-corrected chi connectivity index (χ3v) is 4.26. The first-order valence-corrected chi connectivity index (χ1v) is 8.02. The van der Waals surface area contributed by atoms with Crippen molar-refractivity contribution in [3.8, 4) is 0 Å². The minimum Gasteiger partial charge on any atom is -0.448 e. The van der Waals surface area contributed by atoms with Crippen LogP contribution in [-0.4, -0.2) is 67.0 Å². The normalized spacial score (nSPS) is 18.2. The van der Waals surface area contributed by atoms with Gasteiger partial charge >= 0.3 is 6.09 Å². The number of piperazine rings is 1. The Balaban J connectivity index is 1.63. The highest BCUT2D eigenvalue weighted by Gasteiger charge is 2.31. The molecule has 0 radical (unpaired) electrons. The summed E-state index contributed by atoms with van der Waals surface area (Å²) in [7, 11) is 0. The van der Waals surface area contributed by atoms with E-state index in [1.807, 2.05) is 26.0 Å². The number of carbonyl (C=O) groups is 3. The maximum Gasteiger partial charge on any atom is 0.410 e. The van der Waals surface area contributed by atoms with Gasteiger partial charge in [0.05, 0.1) is 6.54 Å². The van der Waals surface area contributed by atoms with E-state index in [1.54, 1.807) is 4.90 Å². The van der Waals surface area contributed by atoms with Crippen molar-refractivity contribution < 1.29 is 19.1 Å². The third-order valence-electron chi connectivity index (χ3n) is 4.26. The maximum atomic E-state index is 12.5. The number of benzene rings is 1. The lowest BCUT2D eigenvalue weighted by Crippen LogP contribution is -2.54. The number of hydrogen-bond acceptors (Lipinski definition) is 4. The Bertz CT molecular complexity index is 668. The van der Waals surface area contributed by atoms with Crippen LogP contribution in [0.25, 0.3) is 0 Å². The minimum absolute atomic E-state index is 0.0321. The van der Waals surface area contributed by atoms with E-state index < -0.39 is 6.09 Å². The van der Waals surface area contributed by atoms with E-state index in [1.165, 1.54) is 9.80 Å². The molecule has 2 saturated heterocycles. The molecule has 7 nitrogen and oxygen atoms in total.